The van der Waals surface area contributed by atoms with Gasteiger partial charge in [0.1, 0.15) is 0 Å². The third-order valence-electron chi connectivity index (χ3n) is 2.61. The molecule has 3 N–H and O–H groups in total. The van der Waals surface area contributed by atoms with E-state index >= 15 is 0 Å². The molecule has 0 aliphatic rings. The average Bonchev–Trinajstić information content (AvgIpc) is 2.02. The van der Waals surface area contributed by atoms with Gasteiger partial charge in [0.05, 0.1) is 0 Å². The molecular formula is C11H24N2O. The van der Waals surface area contributed by atoms with E-state index < -0.39 is 0 Å². The lowest BCUT2D eigenvalue weighted by atomic mass is 9.88. The first-order valence-electron chi connectivity index (χ1n) is 5.26. The summed E-state index contributed by atoms with van der Waals surface area (Å²) in [5.41, 5.74) is 5.57. The predicted octanol–water partition coefficient (Wildman–Crippen LogP) is 1.52. The SMILES string of the molecule is CC(CN)CC(=O)NC(C)C(C)(C)C. The summed E-state index contributed by atoms with van der Waals surface area (Å²) in [7, 11) is 0. The Morgan fingerprint density at radius 1 is 1.36 bits per heavy atom. The first-order chi connectivity index (χ1) is 6.27. The average molecular weight is 200 g/mol. The second-order valence-corrected chi connectivity index (χ2v) is 5.20. The number of carbonyl (C=O) groups excluding carboxylic acids is 1. The smallest absolute Gasteiger partial charge is 0.220 e. The molecule has 0 spiro atoms. The van der Waals surface area contributed by atoms with Gasteiger partial charge in [-0.1, -0.05) is 27.7 Å². The Morgan fingerprint density at radius 3 is 2.21 bits per heavy atom. The Morgan fingerprint density at radius 2 is 1.86 bits per heavy atom. The van der Waals surface area contributed by atoms with E-state index in [0.29, 0.717) is 13.0 Å². The zero-order valence-electron chi connectivity index (χ0n) is 10.1. The van der Waals surface area contributed by atoms with Gasteiger partial charge in [0.2, 0.25) is 5.91 Å². The van der Waals surface area contributed by atoms with Crippen molar-refractivity contribution < 1.29 is 4.79 Å². The molecule has 0 radical (unpaired) electrons. The second-order valence-electron chi connectivity index (χ2n) is 5.20. The summed E-state index contributed by atoms with van der Waals surface area (Å²) in [6.45, 7) is 10.9. The molecule has 0 saturated carbocycles. The largest absolute Gasteiger partial charge is 0.353 e. The van der Waals surface area contributed by atoms with Crippen molar-refractivity contribution >= 4 is 5.91 Å². The summed E-state index contributed by atoms with van der Waals surface area (Å²) in [6, 6.07) is 0.194. The molecule has 14 heavy (non-hydrogen) atoms. The summed E-state index contributed by atoms with van der Waals surface area (Å²) in [5.74, 6) is 0.368. The van der Waals surface area contributed by atoms with Crippen LogP contribution in [0.15, 0.2) is 0 Å². The number of hydrogen-bond donors (Lipinski definition) is 2. The molecule has 2 atom stereocenters. The fraction of sp³-hybridized carbons (Fsp3) is 0.909. The van der Waals surface area contributed by atoms with Crippen LogP contribution in [-0.2, 0) is 4.79 Å². The van der Waals surface area contributed by atoms with Gasteiger partial charge in [0, 0.05) is 12.5 Å². The van der Waals surface area contributed by atoms with Gasteiger partial charge in [0.15, 0.2) is 0 Å². The van der Waals surface area contributed by atoms with Crippen LogP contribution in [0.3, 0.4) is 0 Å². The lowest BCUT2D eigenvalue weighted by Gasteiger charge is -2.28. The molecule has 0 aliphatic heterocycles. The second kappa shape index (κ2) is 5.35. The molecule has 0 aliphatic carbocycles. The fourth-order valence-corrected chi connectivity index (χ4v) is 0.917. The third-order valence-corrected chi connectivity index (χ3v) is 2.61. The summed E-state index contributed by atoms with van der Waals surface area (Å²) >= 11 is 0. The topological polar surface area (TPSA) is 55.1 Å². The van der Waals surface area contributed by atoms with Gasteiger partial charge >= 0.3 is 0 Å². The Bertz CT molecular complexity index is 184. The molecule has 0 aromatic heterocycles. The van der Waals surface area contributed by atoms with Crippen molar-refractivity contribution in [3.8, 4) is 0 Å². The van der Waals surface area contributed by atoms with E-state index in [2.05, 4.69) is 26.1 Å². The van der Waals surface area contributed by atoms with Crippen LogP contribution in [0.25, 0.3) is 0 Å². The van der Waals surface area contributed by atoms with Crippen LogP contribution in [0.1, 0.15) is 41.0 Å². The van der Waals surface area contributed by atoms with Crippen molar-refractivity contribution in [3.05, 3.63) is 0 Å². The minimum Gasteiger partial charge on any atom is -0.353 e. The first-order valence-corrected chi connectivity index (χ1v) is 5.26. The van der Waals surface area contributed by atoms with Crippen LogP contribution in [0.4, 0.5) is 0 Å². The molecule has 0 aromatic carbocycles. The zero-order valence-corrected chi connectivity index (χ0v) is 10.1. The minimum absolute atomic E-state index is 0.102. The molecular weight excluding hydrogens is 176 g/mol. The van der Waals surface area contributed by atoms with Gasteiger partial charge < -0.3 is 11.1 Å². The van der Waals surface area contributed by atoms with Gasteiger partial charge in [-0.25, -0.2) is 0 Å². The number of rotatable bonds is 4. The van der Waals surface area contributed by atoms with Gasteiger partial charge in [-0.3, -0.25) is 4.79 Å². The van der Waals surface area contributed by atoms with Crippen LogP contribution in [-0.4, -0.2) is 18.5 Å². The number of amides is 1. The molecule has 0 fully saturated rings. The van der Waals surface area contributed by atoms with E-state index in [0.717, 1.165) is 0 Å². The highest BCUT2D eigenvalue weighted by molar-refractivity contribution is 5.76. The highest BCUT2D eigenvalue weighted by Crippen LogP contribution is 2.18. The van der Waals surface area contributed by atoms with Gasteiger partial charge in [-0.05, 0) is 24.8 Å². The lowest BCUT2D eigenvalue weighted by Crippen LogP contribution is -2.42. The van der Waals surface area contributed by atoms with Crippen molar-refractivity contribution in [1.29, 1.82) is 0 Å². The van der Waals surface area contributed by atoms with Crippen LogP contribution in [0, 0.1) is 11.3 Å². The monoisotopic (exact) mass is 200 g/mol. The minimum atomic E-state index is 0.102. The van der Waals surface area contributed by atoms with Crippen LogP contribution in [0.2, 0.25) is 0 Å². The Kier molecular flexibility index (Phi) is 5.13. The number of carbonyl (C=O) groups is 1. The van der Waals surface area contributed by atoms with Crippen LogP contribution < -0.4 is 11.1 Å². The molecule has 2 unspecified atom stereocenters. The highest BCUT2D eigenvalue weighted by Gasteiger charge is 2.21. The molecule has 0 aromatic rings. The first kappa shape index (κ1) is 13.4. The molecule has 3 nitrogen and oxygen atoms in total. The van der Waals surface area contributed by atoms with Gasteiger partial charge in [-0.2, -0.15) is 0 Å². The van der Waals surface area contributed by atoms with Gasteiger partial charge in [-0.15, -0.1) is 0 Å². The standard InChI is InChI=1S/C11H24N2O/c1-8(7-12)6-10(14)13-9(2)11(3,4)5/h8-9H,6-7,12H2,1-5H3,(H,13,14). The maximum atomic E-state index is 11.5. The lowest BCUT2D eigenvalue weighted by molar-refractivity contribution is -0.123. The van der Waals surface area contributed by atoms with E-state index in [9.17, 15) is 4.79 Å². The van der Waals surface area contributed by atoms with Gasteiger partial charge in [0.25, 0.3) is 0 Å². The summed E-state index contributed by atoms with van der Waals surface area (Å²) < 4.78 is 0. The molecule has 0 heterocycles. The van der Waals surface area contributed by atoms with Crippen molar-refractivity contribution in [2.45, 2.75) is 47.1 Å². The Hall–Kier alpha value is -0.570. The Balaban J connectivity index is 3.95. The van der Waals surface area contributed by atoms with E-state index in [4.69, 9.17) is 5.73 Å². The van der Waals surface area contributed by atoms with E-state index in [1.54, 1.807) is 0 Å². The molecule has 3 heteroatoms. The van der Waals surface area contributed by atoms with E-state index in [1.807, 2.05) is 13.8 Å². The summed E-state index contributed by atoms with van der Waals surface area (Å²) in [4.78, 5) is 11.5. The maximum absolute atomic E-state index is 11.5. The summed E-state index contributed by atoms with van der Waals surface area (Å²) in [5, 5.41) is 2.99. The Labute approximate surface area is 87.4 Å². The zero-order chi connectivity index (χ0) is 11.4. The third kappa shape index (κ3) is 5.22. The molecule has 1 amide bonds. The fourth-order valence-electron chi connectivity index (χ4n) is 0.917. The molecule has 84 valence electrons. The normalized spacial score (nSPS) is 16.1. The van der Waals surface area contributed by atoms with Crippen molar-refractivity contribution in [3.63, 3.8) is 0 Å². The van der Waals surface area contributed by atoms with E-state index in [1.165, 1.54) is 0 Å². The van der Waals surface area contributed by atoms with Crippen molar-refractivity contribution in [2.75, 3.05) is 6.54 Å². The quantitative estimate of drug-likeness (QED) is 0.723. The molecule has 0 rings (SSSR count). The number of nitrogens with two attached hydrogens (primary N) is 1. The maximum Gasteiger partial charge on any atom is 0.220 e. The van der Waals surface area contributed by atoms with Crippen molar-refractivity contribution in [1.82, 2.24) is 5.32 Å². The summed E-state index contributed by atoms with van der Waals surface area (Å²) in [6.07, 6.45) is 0.525. The molecule has 0 saturated heterocycles. The van der Waals surface area contributed by atoms with Crippen LogP contribution >= 0.6 is 0 Å². The van der Waals surface area contributed by atoms with E-state index in [-0.39, 0.29) is 23.3 Å². The van der Waals surface area contributed by atoms with Crippen LogP contribution in [0.5, 0.6) is 0 Å². The number of nitrogens with one attached hydrogen (secondary N) is 1. The predicted molar refractivity (Wildman–Crippen MR) is 59.9 cm³/mol. The van der Waals surface area contributed by atoms with Crippen molar-refractivity contribution in [2.24, 2.45) is 17.1 Å². The highest BCUT2D eigenvalue weighted by atomic mass is 16.1. The molecule has 0 bridgehead atoms. The number of hydrogen-bond acceptors (Lipinski definition) is 2.